The number of nitrogens with zero attached hydrogens (tertiary/aromatic N) is 1. The van der Waals surface area contributed by atoms with Gasteiger partial charge in [0.15, 0.2) is 11.5 Å². The van der Waals surface area contributed by atoms with Gasteiger partial charge in [-0.2, -0.15) is 0 Å². The lowest BCUT2D eigenvalue weighted by molar-refractivity contribution is -0.123. The monoisotopic (exact) mass is 599 g/mol. The SMILES string of the molecule is CCOc1cc(/C=C2\SC(=O)N(Cc3ccccc3C)C2=O)cc(I)c1OCc1ccccc1C. The smallest absolute Gasteiger partial charge is 0.293 e. The highest BCUT2D eigenvalue weighted by Crippen LogP contribution is 2.38. The standard InChI is InChI=1S/C28H26INO4S/c1-4-33-24-14-20(13-23(29)26(24)34-17-22-12-8-6-10-19(22)3)15-25-27(31)30(28(32)35-25)16-21-11-7-5-9-18(21)2/h5-15H,4,16-17H2,1-3H3/b25-15-. The number of halogens is 1. The number of aryl methyl sites for hydroxylation is 2. The van der Waals surface area contributed by atoms with Crippen molar-refractivity contribution >= 4 is 51.6 Å². The summed E-state index contributed by atoms with van der Waals surface area (Å²) >= 11 is 3.18. The van der Waals surface area contributed by atoms with Crippen molar-refractivity contribution < 1.29 is 19.1 Å². The highest BCUT2D eigenvalue weighted by atomic mass is 127. The molecule has 180 valence electrons. The van der Waals surface area contributed by atoms with Crippen molar-refractivity contribution in [3.8, 4) is 11.5 Å². The Hall–Kier alpha value is -2.78. The van der Waals surface area contributed by atoms with Crippen LogP contribution in [-0.2, 0) is 17.9 Å². The van der Waals surface area contributed by atoms with Crippen molar-refractivity contribution in [1.82, 2.24) is 4.90 Å². The molecule has 0 spiro atoms. The molecule has 1 aliphatic heterocycles. The van der Waals surface area contributed by atoms with Gasteiger partial charge in [0, 0.05) is 0 Å². The van der Waals surface area contributed by atoms with E-state index in [0.29, 0.717) is 29.6 Å². The normalized spacial score (nSPS) is 14.6. The molecule has 1 aliphatic rings. The van der Waals surface area contributed by atoms with E-state index in [4.69, 9.17) is 9.47 Å². The Bertz CT molecular complexity index is 1300. The van der Waals surface area contributed by atoms with E-state index in [-0.39, 0.29) is 17.7 Å². The van der Waals surface area contributed by atoms with Gasteiger partial charge in [0.2, 0.25) is 0 Å². The molecule has 0 aromatic heterocycles. The summed E-state index contributed by atoms with van der Waals surface area (Å²) in [7, 11) is 0. The van der Waals surface area contributed by atoms with Crippen molar-refractivity contribution in [3.63, 3.8) is 0 Å². The van der Waals surface area contributed by atoms with Crippen molar-refractivity contribution in [1.29, 1.82) is 0 Å². The van der Waals surface area contributed by atoms with Crippen molar-refractivity contribution in [2.24, 2.45) is 0 Å². The van der Waals surface area contributed by atoms with Gasteiger partial charge in [0.1, 0.15) is 6.61 Å². The number of benzene rings is 3. The van der Waals surface area contributed by atoms with E-state index in [2.05, 4.69) is 35.6 Å². The van der Waals surface area contributed by atoms with Gasteiger partial charge in [-0.1, -0.05) is 48.5 Å². The average Bonchev–Trinajstić information content (AvgIpc) is 3.08. The molecule has 5 nitrogen and oxygen atoms in total. The number of hydrogen-bond donors (Lipinski definition) is 0. The zero-order valence-electron chi connectivity index (χ0n) is 19.8. The lowest BCUT2D eigenvalue weighted by atomic mass is 10.1. The van der Waals surface area contributed by atoms with E-state index >= 15 is 0 Å². The first-order valence-electron chi connectivity index (χ1n) is 11.3. The summed E-state index contributed by atoms with van der Waals surface area (Å²) in [5.74, 6) is 0.995. The fraction of sp³-hybridized carbons (Fsp3) is 0.214. The number of thioether (sulfide) groups is 1. The van der Waals surface area contributed by atoms with E-state index < -0.39 is 0 Å². The molecule has 1 fully saturated rings. The maximum atomic E-state index is 13.0. The molecule has 2 amide bonds. The Kier molecular flexibility index (Phi) is 8.18. The highest BCUT2D eigenvalue weighted by Gasteiger charge is 2.35. The molecule has 7 heteroatoms. The minimum absolute atomic E-state index is 0.262. The molecule has 0 saturated carbocycles. The lowest BCUT2D eigenvalue weighted by Crippen LogP contribution is -2.27. The van der Waals surface area contributed by atoms with Gasteiger partial charge in [-0.15, -0.1) is 0 Å². The van der Waals surface area contributed by atoms with E-state index in [1.165, 1.54) is 10.5 Å². The number of carbonyl (C=O) groups excluding carboxylic acids is 2. The average molecular weight is 599 g/mol. The van der Waals surface area contributed by atoms with E-state index in [1.807, 2.05) is 68.4 Å². The van der Waals surface area contributed by atoms with Crippen LogP contribution >= 0.6 is 34.4 Å². The summed E-state index contributed by atoms with van der Waals surface area (Å²) in [5.41, 5.74) is 5.06. The number of ether oxygens (including phenoxy) is 2. The van der Waals surface area contributed by atoms with Crippen LogP contribution in [0.3, 0.4) is 0 Å². The summed E-state index contributed by atoms with van der Waals surface area (Å²) in [4.78, 5) is 27.4. The molecule has 1 saturated heterocycles. The van der Waals surface area contributed by atoms with E-state index in [9.17, 15) is 9.59 Å². The predicted molar refractivity (Wildman–Crippen MR) is 149 cm³/mol. The summed E-state index contributed by atoms with van der Waals surface area (Å²) in [6.07, 6.45) is 1.75. The number of amides is 2. The van der Waals surface area contributed by atoms with E-state index in [1.54, 1.807) is 6.08 Å². The molecule has 0 bridgehead atoms. The highest BCUT2D eigenvalue weighted by molar-refractivity contribution is 14.1. The topological polar surface area (TPSA) is 55.8 Å². The van der Waals surface area contributed by atoms with Gasteiger partial charge < -0.3 is 9.47 Å². The first-order chi connectivity index (χ1) is 16.9. The molecule has 35 heavy (non-hydrogen) atoms. The molecule has 0 unspecified atom stereocenters. The first kappa shape index (κ1) is 25.3. The third-order valence-electron chi connectivity index (χ3n) is 5.73. The van der Waals surface area contributed by atoms with Gasteiger partial charge in [-0.25, -0.2) is 0 Å². The third-order valence-corrected chi connectivity index (χ3v) is 7.43. The number of hydrogen-bond acceptors (Lipinski definition) is 5. The van der Waals surface area contributed by atoms with Crippen LogP contribution in [0.4, 0.5) is 4.79 Å². The Labute approximate surface area is 223 Å². The van der Waals surface area contributed by atoms with Crippen LogP contribution in [0.25, 0.3) is 6.08 Å². The fourth-order valence-electron chi connectivity index (χ4n) is 3.74. The second kappa shape index (κ2) is 11.3. The van der Waals surface area contributed by atoms with Gasteiger partial charge in [0.05, 0.1) is 21.6 Å². The van der Waals surface area contributed by atoms with Crippen LogP contribution in [0, 0.1) is 17.4 Å². The Morgan fingerprint density at radius 3 is 2.26 bits per heavy atom. The van der Waals surface area contributed by atoms with Crippen molar-refractivity contribution in [3.05, 3.63) is 97.0 Å². The van der Waals surface area contributed by atoms with Crippen molar-refractivity contribution in [2.75, 3.05) is 6.61 Å². The van der Waals surface area contributed by atoms with Crippen LogP contribution in [0.2, 0.25) is 0 Å². The predicted octanol–water partition coefficient (Wildman–Crippen LogP) is 7.12. The minimum Gasteiger partial charge on any atom is -0.490 e. The lowest BCUT2D eigenvalue weighted by Gasteiger charge is -2.16. The largest absolute Gasteiger partial charge is 0.490 e. The van der Waals surface area contributed by atoms with E-state index in [0.717, 1.165) is 37.6 Å². The maximum Gasteiger partial charge on any atom is 0.293 e. The second-order valence-corrected chi connectivity index (χ2v) is 10.3. The molecule has 1 heterocycles. The molecule has 3 aromatic carbocycles. The van der Waals surface area contributed by atoms with Crippen LogP contribution in [0.5, 0.6) is 11.5 Å². The van der Waals surface area contributed by atoms with Crippen LogP contribution in [0.15, 0.2) is 65.6 Å². The molecule has 4 rings (SSSR count). The van der Waals surface area contributed by atoms with Crippen molar-refractivity contribution in [2.45, 2.75) is 33.9 Å². The maximum absolute atomic E-state index is 13.0. The van der Waals surface area contributed by atoms with Crippen LogP contribution in [-0.4, -0.2) is 22.7 Å². The number of rotatable bonds is 8. The molecule has 0 atom stereocenters. The van der Waals surface area contributed by atoms with Crippen LogP contribution < -0.4 is 9.47 Å². The first-order valence-corrected chi connectivity index (χ1v) is 13.2. The Morgan fingerprint density at radius 2 is 1.60 bits per heavy atom. The molecular weight excluding hydrogens is 573 g/mol. The summed E-state index contributed by atoms with van der Waals surface area (Å²) in [5, 5.41) is -0.262. The second-order valence-electron chi connectivity index (χ2n) is 8.17. The Balaban J connectivity index is 1.57. The van der Waals surface area contributed by atoms with Gasteiger partial charge >= 0.3 is 0 Å². The van der Waals surface area contributed by atoms with Gasteiger partial charge in [0.25, 0.3) is 11.1 Å². The minimum atomic E-state index is -0.281. The molecule has 3 aromatic rings. The third kappa shape index (κ3) is 5.90. The summed E-state index contributed by atoms with van der Waals surface area (Å²) in [6, 6.07) is 19.7. The van der Waals surface area contributed by atoms with Crippen LogP contribution in [0.1, 0.15) is 34.7 Å². The zero-order valence-corrected chi connectivity index (χ0v) is 22.8. The zero-order chi connectivity index (χ0) is 24.9. The fourth-order valence-corrected chi connectivity index (χ4v) is 5.36. The molecular formula is C28H26INO4S. The number of carbonyl (C=O) groups is 2. The molecule has 0 N–H and O–H groups in total. The van der Waals surface area contributed by atoms with Gasteiger partial charge in [-0.05, 0) is 101 Å². The Morgan fingerprint density at radius 1 is 0.943 bits per heavy atom. The number of imide groups is 1. The molecule has 0 aliphatic carbocycles. The summed E-state index contributed by atoms with van der Waals surface area (Å²) in [6.45, 7) is 7.13. The van der Waals surface area contributed by atoms with Gasteiger partial charge in [-0.3, -0.25) is 14.5 Å². The quantitative estimate of drug-likeness (QED) is 0.204. The summed E-state index contributed by atoms with van der Waals surface area (Å²) < 4.78 is 12.9. The molecule has 0 radical (unpaired) electrons.